The van der Waals surface area contributed by atoms with Gasteiger partial charge in [-0.25, -0.2) is 9.37 Å². The maximum absolute atomic E-state index is 12.7. The minimum absolute atomic E-state index is 0.0528. The maximum Gasteiger partial charge on any atom is 0.123 e. The van der Waals surface area contributed by atoms with E-state index in [2.05, 4.69) is 4.98 Å². The summed E-state index contributed by atoms with van der Waals surface area (Å²) < 4.78 is 14.7. The number of hydrogen-bond acceptors (Lipinski definition) is 2. The van der Waals surface area contributed by atoms with E-state index in [1.54, 1.807) is 24.7 Å². The van der Waals surface area contributed by atoms with Crippen LogP contribution in [0.2, 0.25) is 0 Å². The van der Waals surface area contributed by atoms with Crippen LogP contribution >= 0.6 is 0 Å². The van der Waals surface area contributed by atoms with Gasteiger partial charge in [0.25, 0.3) is 0 Å². The number of halogens is 1. The van der Waals surface area contributed by atoms with Crippen LogP contribution in [0, 0.1) is 5.82 Å². The first-order chi connectivity index (χ1) is 7.66. The van der Waals surface area contributed by atoms with Crippen LogP contribution in [0.15, 0.2) is 36.8 Å². The summed E-state index contributed by atoms with van der Waals surface area (Å²) in [6, 6.07) is 6.39. The molecule has 2 N–H and O–H groups in total. The minimum atomic E-state index is -0.221. The highest BCUT2D eigenvalue weighted by Gasteiger charge is 2.06. The van der Waals surface area contributed by atoms with Gasteiger partial charge in [0.05, 0.1) is 12.0 Å². The Morgan fingerprint density at radius 3 is 2.69 bits per heavy atom. The Labute approximate surface area is 93.7 Å². The summed E-state index contributed by atoms with van der Waals surface area (Å²) in [6.45, 7) is 2.58. The molecule has 0 spiro atoms. The average Bonchev–Trinajstić information content (AvgIpc) is 2.69. The monoisotopic (exact) mass is 219 g/mol. The summed E-state index contributed by atoms with van der Waals surface area (Å²) in [7, 11) is 0. The van der Waals surface area contributed by atoms with Crippen molar-refractivity contribution in [3.63, 3.8) is 0 Å². The van der Waals surface area contributed by atoms with Crippen LogP contribution < -0.4 is 5.73 Å². The lowest BCUT2D eigenvalue weighted by atomic mass is 10.2. The molecule has 0 bridgehead atoms. The highest BCUT2D eigenvalue weighted by molar-refractivity contribution is 5.17. The van der Waals surface area contributed by atoms with Crippen LogP contribution in [0.3, 0.4) is 0 Å². The van der Waals surface area contributed by atoms with E-state index in [9.17, 15) is 4.39 Å². The molecular weight excluding hydrogens is 205 g/mol. The van der Waals surface area contributed by atoms with Crippen LogP contribution in [0.1, 0.15) is 24.2 Å². The van der Waals surface area contributed by atoms with Gasteiger partial charge in [-0.3, -0.25) is 0 Å². The molecule has 2 aromatic rings. The van der Waals surface area contributed by atoms with Gasteiger partial charge in [-0.1, -0.05) is 12.1 Å². The van der Waals surface area contributed by atoms with Gasteiger partial charge in [0.1, 0.15) is 5.82 Å². The Morgan fingerprint density at radius 2 is 2.06 bits per heavy atom. The summed E-state index contributed by atoms with van der Waals surface area (Å²) in [6.07, 6.45) is 3.50. The molecular formula is C12H14FN3. The van der Waals surface area contributed by atoms with Crippen LogP contribution in [0.5, 0.6) is 0 Å². The zero-order valence-electron chi connectivity index (χ0n) is 9.10. The van der Waals surface area contributed by atoms with Crippen molar-refractivity contribution in [2.75, 3.05) is 0 Å². The van der Waals surface area contributed by atoms with Gasteiger partial charge in [-0.15, -0.1) is 0 Å². The van der Waals surface area contributed by atoms with Crippen molar-refractivity contribution >= 4 is 0 Å². The molecule has 84 valence electrons. The lowest BCUT2D eigenvalue weighted by molar-refractivity contribution is 0.625. The van der Waals surface area contributed by atoms with E-state index in [0.717, 1.165) is 11.3 Å². The Kier molecular flexibility index (Phi) is 3.01. The molecule has 0 saturated carbocycles. The smallest absolute Gasteiger partial charge is 0.123 e. The Bertz CT molecular complexity index is 459. The number of nitrogens with zero attached hydrogens (tertiary/aromatic N) is 2. The van der Waals surface area contributed by atoms with Gasteiger partial charge in [0.2, 0.25) is 0 Å². The second-order valence-electron chi connectivity index (χ2n) is 3.86. The van der Waals surface area contributed by atoms with Gasteiger partial charge < -0.3 is 10.3 Å². The molecule has 4 heteroatoms. The van der Waals surface area contributed by atoms with Crippen molar-refractivity contribution in [1.29, 1.82) is 0 Å². The zero-order chi connectivity index (χ0) is 11.5. The fourth-order valence-corrected chi connectivity index (χ4v) is 1.63. The molecule has 1 unspecified atom stereocenters. The molecule has 1 aromatic carbocycles. The normalized spacial score (nSPS) is 12.7. The number of rotatable bonds is 3. The van der Waals surface area contributed by atoms with Gasteiger partial charge in [0.15, 0.2) is 0 Å². The highest BCUT2D eigenvalue weighted by Crippen LogP contribution is 2.12. The van der Waals surface area contributed by atoms with Gasteiger partial charge in [-0.2, -0.15) is 0 Å². The molecule has 1 aromatic heterocycles. The van der Waals surface area contributed by atoms with Crippen molar-refractivity contribution < 1.29 is 4.39 Å². The first kappa shape index (κ1) is 10.8. The Hall–Kier alpha value is -1.68. The van der Waals surface area contributed by atoms with Crippen LogP contribution in [0.4, 0.5) is 4.39 Å². The third-order valence-electron chi connectivity index (χ3n) is 2.48. The number of nitrogens with two attached hydrogens (primary N) is 1. The lowest BCUT2D eigenvalue weighted by Crippen LogP contribution is -2.12. The van der Waals surface area contributed by atoms with Gasteiger partial charge in [-0.05, 0) is 24.6 Å². The molecule has 1 heterocycles. The third-order valence-corrected chi connectivity index (χ3v) is 2.48. The molecule has 16 heavy (non-hydrogen) atoms. The van der Waals surface area contributed by atoms with Crippen molar-refractivity contribution in [2.24, 2.45) is 5.73 Å². The molecule has 0 fully saturated rings. The highest BCUT2D eigenvalue weighted by atomic mass is 19.1. The number of aromatic nitrogens is 2. The van der Waals surface area contributed by atoms with Crippen LogP contribution in [-0.2, 0) is 6.54 Å². The SMILES string of the molecule is CC(N)c1cncn1Cc1ccc(F)cc1. The second kappa shape index (κ2) is 4.45. The average molecular weight is 219 g/mol. The Balaban J connectivity index is 2.20. The second-order valence-corrected chi connectivity index (χ2v) is 3.86. The third kappa shape index (κ3) is 2.28. The summed E-state index contributed by atoms with van der Waals surface area (Å²) >= 11 is 0. The fourth-order valence-electron chi connectivity index (χ4n) is 1.63. The summed E-state index contributed by atoms with van der Waals surface area (Å²) in [5, 5.41) is 0. The van der Waals surface area contributed by atoms with E-state index in [1.165, 1.54) is 12.1 Å². The molecule has 0 aliphatic heterocycles. The predicted octanol–water partition coefficient (Wildman–Crippen LogP) is 2.09. The molecule has 0 amide bonds. The van der Waals surface area contributed by atoms with Gasteiger partial charge in [0, 0.05) is 18.8 Å². The topological polar surface area (TPSA) is 43.8 Å². The lowest BCUT2D eigenvalue weighted by Gasteiger charge is -2.10. The predicted molar refractivity (Wildman–Crippen MR) is 60.3 cm³/mol. The molecule has 0 aliphatic rings. The molecule has 0 saturated heterocycles. The van der Waals surface area contributed by atoms with Gasteiger partial charge >= 0.3 is 0 Å². The van der Waals surface area contributed by atoms with E-state index < -0.39 is 0 Å². The van der Waals surface area contributed by atoms with Crippen molar-refractivity contribution in [3.05, 3.63) is 53.9 Å². The fraction of sp³-hybridized carbons (Fsp3) is 0.250. The molecule has 2 rings (SSSR count). The number of imidazole rings is 1. The van der Waals surface area contributed by atoms with Crippen molar-refractivity contribution in [1.82, 2.24) is 9.55 Å². The molecule has 0 radical (unpaired) electrons. The first-order valence-electron chi connectivity index (χ1n) is 5.17. The Morgan fingerprint density at radius 1 is 1.38 bits per heavy atom. The van der Waals surface area contributed by atoms with Crippen LogP contribution in [0.25, 0.3) is 0 Å². The van der Waals surface area contributed by atoms with Crippen molar-refractivity contribution in [3.8, 4) is 0 Å². The first-order valence-corrected chi connectivity index (χ1v) is 5.17. The summed E-state index contributed by atoms with van der Waals surface area (Å²) in [4.78, 5) is 4.07. The standard InChI is InChI=1S/C12H14FN3/c1-9(14)12-6-15-8-16(12)7-10-2-4-11(13)5-3-10/h2-6,8-9H,7,14H2,1H3. The molecule has 3 nitrogen and oxygen atoms in total. The minimum Gasteiger partial charge on any atom is -0.329 e. The molecule has 1 atom stereocenters. The molecule has 0 aliphatic carbocycles. The number of hydrogen-bond donors (Lipinski definition) is 1. The van der Waals surface area contributed by atoms with E-state index in [-0.39, 0.29) is 11.9 Å². The van der Waals surface area contributed by atoms with E-state index in [0.29, 0.717) is 6.54 Å². The van der Waals surface area contributed by atoms with Crippen molar-refractivity contribution in [2.45, 2.75) is 19.5 Å². The maximum atomic E-state index is 12.7. The van der Waals surface area contributed by atoms with Crippen LogP contribution in [-0.4, -0.2) is 9.55 Å². The van der Waals surface area contributed by atoms with E-state index in [1.807, 2.05) is 11.5 Å². The largest absolute Gasteiger partial charge is 0.329 e. The number of benzene rings is 1. The van der Waals surface area contributed by atoms with E-state index >= 15 is 0 Å². The zero-order valence-corrected chi connectivity index (χ0v) is 9.10. The van der Waals surface area contributed by atoms with E-state index in [4.69, 9.17) is 5.73 Å². The summed E-state index contributed by atoms with van der Waals surface area (Å²) in [5.74, 6) is -0.221. The quantitative estimate of drug-likeness (QED) is 0.859. The summed E-state index contributed by atoms with van der Waals surface area (Å²) in [5.41, 5.74) is 7.82.